The fourth-order valence-electron chi connectivity index (χ4n) is 2.60. The van der Waals surface area contributed by atoms with E-state index in [-0.39, 0.29) is 5.82 Å². The van der Waals surface area contributed by atoms with Gasteiger partial charge in [-0.3, -0.25) is 0 Å². The molecule has 0 spiro atoms. The third kappa shape index (κ3) is 3.46. The van der Waals surface area contributed by atoms with E-state index in [1.165, 1.54) is 30.4 Å². The van der Waals surface area contributed by atoms with Crippen LogP contribution >= 0.6 is 11.8 Å². The molecule has 2 rings (SSSR count). The Bertz CT molecular complexity index is 350. The van der Waals surface area contributed by atoms with E-state index in [0.717, 1.165) is 12.1 Å². The highest BCUT2D eigenvalue weighted by molar-refractivity contribution is 7.99. The zero-order chi connectivity index (χ0) is 12.1. The van der Waals surface area contributed by atoms with Crippen molar-refractivity contribution in [2.45, 2.75) is 18.8 Å². The van der Waals surface area contributed by atoms with E-state index in [2.05, 4.69) is 11.4 Å². The Morgan fingerprint density at radius 3 is 3.06 bits per heavy atom. The van der Waals surface area contributed by atoms with E-state index >= 15 is 0 Å². The van der Waals surface area contributed by atoms with Crippen LogP contribution in [0.4, 0.5) is 4.39 Å². The maximum Gasteiger partial charge on any atom is 0.123 e. The monoisotopic (exact) mass is 253 g/mol. The second kappa shape index (κ2) is 6.41. The molecule has 2 unspecified atom stereocenters. The lowest BCUT2D eigenvalue weighted by molar-refractivity contribution is 0.412. The third-order valence-corrected chi connectivity index (χ3v) is 4.71. The number of rotatable bonds is 4. The number of likely N-dealkylation sites (N-methyl/N-ethyl adjacent to an activating group) is 1. The zero-order valence-electron chi connectivity index (χ0n) is 10.3. The van der Waals surface area contributed by atoms with Crippen LogP contribution in [0.25, 0.3) is 0 Å². The van der Waals surface area contributed by atoms with Crippen molar-refractivity contribution in [1.82, 2.24) is 5.32 Å². The van der Waals surface area contributed by atoms with Gasteiger partial charge >= 0.3 is 0 Å². The minimum Gasteiger partial charge on any atom is -0.319 e. The number of benzene rings is 1. The first kappa shape index (κ1) is 12.9. The van der Waals surface area contributed by atoms with E-state index in [1.807, 2.05) is 24.9 Å². The number of hydrogen-bond acceptors (Lipinski definition) is 2. The van der Waals surface area contributed by atoms with Gasteiger partial charge in [0, 0.05) is 12.5 Å². The molecule has 1 N–H and O–H groups in total. The highest BCUT2D eigenvalue weighted by Crippen LogP contribution is 2.34. The van der Waals surface area contributed by atoms with Crippen molar-refractivity contribution in [2.24, 2.45) is 5.92 Å². The Balaban J connectivity index is 2.15. The summed E-state index contributed by atoms with van der Waals surface area (Å²) in [7, 11) is 1.97. The molecule has 1 aliphatic rings. The summed E-state index contributed by atoms with van der Waals surface area (Å²) in [5.74, 6) is 3.51. The first-order valence-electron chi connectivity index (χ1n) is 6.29. The topological polar surface area (TPSA) is 12.0 Å². The van der Waals surface area contributed by atoms with Crippen LogP contribution in [-0.4, -0.2) is 25.1 Å². The Hall–Kier alpha value is -0.540. The van der Waals surface area contributed by atoms with Crippen molar-refractivity contribution in [2.75, 3.05) is 25.1 Å². The summed E-state index contributed by atoms with van der Waals surface area (Å²) in [5.41, 5.74) is 1.15. The van der Waals surface area contributed by atoms with E-state index in [4.69, 9.17) is 0 Å². The molecule has 3 heteroatoms. The largest absolute Gasteiger partial charge is 0.319 e. The van der Waals surface area contributed by atoms with Crippen LogP contribution in [0.15, 0.2) is 24.3 Å². The van der Waals surface area contributed by atoms with Crippen molar-refractivity contribution in [3.05, 3.63) is 35.6 Å². The minimum atomic E-state index is -0.118. The molecule has 0 aliphatic carbocycles. The minimum absolute atomic E-state index is 0.118. The van der Waals surface area contributed by atoms with E-state index in [9.17, 15) is 4.39 Å². The van der Waals surface area contributed by atoms with Crippen LogP contribution in [0.2, 0.25) is 0 Å². The van der Waals surface area contributed by atoms with Crippen LogP contribution in [0, 0.1) is 11.7 Å². The van der Waals surface area contributed by atoms with Gasteiger partial charge in [0.15, 0.2) is 0 Å². The van der Waals surface area contributed by atoms with Crippen LogP contribution in [0.5, 0.6) is 0 Å². The Morgan fingerprint density at radius 1 is 1.53 bits per heavy atom. The Kier molecular flexibility index (Phi) is 4.86. The number of halogens is 1. The first-order valence-corrected chi connectivity index (χ1v) is 7.44. The van der Waals surface area contributed by atoms with Crippen molar-refractivity contribution in [3.8, 4) is 0 Å². The van der Waals surface area contributed by atoms with Gasteiger partial charge in [-0.2, -0.15) is 11.8 Å². The summed E-state index contributed by atoms with van der Waals surface area (Å²) in [4.78, 5) is 0. The molecule has 1 aliphatic heterocycles. The van der Waals surface area contributed by atoms with Gasteiger partial charge in [0.25, 0.3) is 0 Å². The summed E-state index contributed by atoms with van der Waals surface area (Å²) in [5, 5.41) is 3.25. The van der Waals surface area contributed by atoms with Crippen molar-refractivity contribution in [1.29, 1.82) is 0 Å². The summed E-state index contributed by atoms with van der Waals surface area (Å²) in [6.07, 6.45) is 2.57. The normalized spacial score (nSPS) is 22.4. The van der Waals surface area contributed by atoms with Crippen LogP contribution in [-0.2, 0) is 0 Å². The number of nitrogens with one attached hydrogen (secondary N) is 1. The van der Waals surface area contributed by atoms with Crippen molar-refractivity contribution in [3.63, 3.8) is 0 Å². The molecule has 0 aromatic heterocycles. The SMILES string of the molecule is CNCC(c1cccc(F)c1)C1CCCSC1. The second-order valence-corrected chi connectivity index (χ2v) is 5.85. The van der Waals surface area contributed by atoms with Crippen molar-refractivity contribution < 1.29 is 4.39 Å². The summed E-state index contributed by atoms with van der Waals surface area (Å²) < 4.78 is 13.3. The van der Waals surface area contributed by atoms with Gasteiger partial charge in [-0.05, 0) is 55.0 Å². The quantitative estimate of drug-likeness (QED) is 0.884. The van der Waals surface area contributed by atoms with Gasteiger partial charge in [-0.15, -0.1) is 0 Å². The Labute approximate surface area is 107 Å². The zero-order valence-corrected chi connectivity index (χ0v) is 11.1. The number of hydrogen-bond donors (Lipinski definition) is 1. The fraction of sp³-hybridized carbons (Fsp3) is 0.571. The summed E-state index contributed by atoms with van der Waals surface area (Å²) in [6, 6.07) is 7.10. The molecule has 1 saturated heterocycles. The summed E-state index contributed by atoms with van der Waals surface area (Å²) in [6.45, 7) is 0.939. The maximum absolute atomic E-state index is 13.3. The highest BCUT2D eigenvalue weighted by Gasteiger charge is 2.24. The molecule has 2 atom stereocenters. The smallest absolute Gasteiger partial charge is 0.123 e. The van der Waals surface area contributed by atoms with Gasteiger partial charge < -0.3 is 5.32 Å². The van der Waals surface area contributed by atoms with Crippen LogP contribution in [0.1, 0.15) is 24.3 Å². The predicted octanol–water partition coefficient (Wildman–Crippen LogP) is 3.27. The molecule has 1 nitrogen and oxygen atoms in total. The lowest BCUT2D eigenvalue weighted by Gasteiger charge is -2.30. The van der Waals surface area contributed by atoms with E-state index < -0.39 is 0 Å². The van der Waals surface area contributed by atoms with Gasteiger partial charge in [0.05, 0.1) is 0 Å². The molecule has 1 aromatic rings. The summed E-state index contributed by atoms with van der Waals surface area (Å²) >= 11 is 2.03. The van der Waals surface area contributed by atoms with Gasteiger partial charge in [0.2, 0.25) is 0 Å². The maximum atomic E-state index is 13.3. The number of thioether (sulfide) groups is 1. The predicted molar refractivity (Wildman–Crippen MR) is 73.1 cm³/mol. The molecule has 1 fully saturated rings. The molecule has 0 amide bonds. The average Bonchev–Trinajstić information content (AvgIpc) is 2.37. The van der Waals surface area contributed by atoms with Crippen molar-refractivity contribution >= 4 is 11.8 Å². The van der Waals surface area contributed by atoms with Gasteiger partial charge in [-0.1, -0.05) is 12.1 Å². The second-order valence-electron chi connectivity index (χ2n) is 4.70. The highest BCUT2D eigenvalue weighted by atomic mass is 32.2. The lowest BCUT2D eigenvalue weighted by atomic mass is 9.84. The van der Waals surface area contributed by atoms with Crippen LogP contribution < -0.4 is 5.32 Å². The van der Waals surface area contributed by atoms with E-state index in [1.54, 1.807) is 6.07 Å². The molecular weight excluding hydrogens is 233 g/mol. The standard InChI is InChI=1S/C14H20FNS/c1-16-9-14(12-5-3-7-17-10-12)11-4-2-6-13(15)8-11/h2,4,6,8,12,14,16H,3,5,7,9-10H2,1H3. The van der Waals surface area contributed by atoms with Gasteiger partial charge in [0.1, 0.15) is 5.82 Å². The molecule has 94 valence electrons. The average molecular weight is 253 g/mol. The van der Waals surface area contributed by atoms with Crippen LogP contribution in [0.3, 0.4) is 0 Å². The Morgan fingerprint density at radius 2 is 2.41 bits per heavy atom. The molecule has 0 bridgehead atoms. The molecule has 1 aromatic carbocycles. The lowest BCUT2D eigenvalue weighted by Crippen LogP contribution is -2.27. The third-order valence-electron chi connectivity index (χ3n) is 3.47. The molecule has 1 heterocycles. The molecule has 0 radical (unpaired) electrons. The molecule has 17 heavy (non-hydrogen) atoms. The first-order chi connectivity index (χ1) is 8.31. The molecular formula is C14H20FNS. The van der Waals surface area contributed by atoms with E-state index in [0.29, 0.717) is 11.8 Å². The fourth-order valence-corrected chi connectivity index (χ4v) is 3.84. The van der Waals surface area contributed by atoms with Gasteiger partial charge in [-0.25, -0.2) is 4.39 Å². The molecule has 0 saturated carbocycles.